The Morgan fingerprint density at radius 1 is 0.944 bits per heavy atom. The van der Waals surface area contributed by atoms with E-state index < -0.39 is 15.9 Å². The second kappa shape index (κ2) is 11.3. The van der Waals surface area contributed by atoms with E-state index in [0.717, 1.165) is 5.56 Å². The molecule has 0 spiro atoms. The van der Waals surface area contributed by atoms with Gasteiger partial charge in [0.25, 0.3) is 15.9 Å². The van der Waals surface area contributed by atoms with E-state index in [9.17, 15) is 13.2 Å². The minimum absolute atomic E-state index is 0.0245. The zero-order valence-corrected chi connectivity index (χ0v) is 20.3. The van der Waals surface area contributed by atoms with Gasteiger partial charge < -0.3 is 4.74 Å². The number of ether oxygens (including phenoxy) is 1. The zero-order valence-electron chi connectivity index (χ0n) is 19.5. The highest BCUT2D eigenvalue weighted by atomic mass is 32.2. The fourth-order valence-corrected chi connectivity index (χ4v) is 4.95. The molecule has 0 radical (unpaired) electrons. The maximum absolute atomic E-state index is 13.8. The van der Waals surface area contributed by atoms with Crippen molar-refractivity contribution >= 4 is 27.8 Å². The fraction of sp³-hybridized carbons (Fsp3) is 0.0741. The summed E-state index contributed by atoms with van der Waals surface area (Å²) in [5.74, 6) is -0.0186. The molecule has 0 aliphatic rings. The van der Waals surface area contributed by atoms with Gasteiger partial charge in [-0.05, 0) is 54.1 Å². The average Bonchev–Trinajstić information content (AvgIpc) is 2.93. The van der Waals surface area contributed by atoms with Crippen molar-refractivity contribution in [1.82, 2.24) is 10.4 Å². The van der Waals surface area contributed by atoms with Gasteiger partial charge in [-0.1, -0.05) is 48.5 Å². The Bertz CT molecular complexity index is 1440. The SMILES string of the molecule is COc1ccc(S(=O)(=O)N(Cc2ccccc2)c2ccccc2C(=O)N/N=C\c2ccccn2)cc1. The Morgan fingerprint density at radius 3 is 2.33 bits per heavy atom. The first kappa shape index (κ1) is 24.6. The molecule has 1 aromatic heterocycles. The summed E-state index contributed by atoms with van der Waals surface area (Å²) in [7, 11) is -2.54. The second-order valence-corrected chi connectivity index (χ2v) is 9.51. The summed E-state index contributed by atoms with van der Waals surface area (Å²) in [5, 5.41) is 3.97. The number of amides is 1. The standard InChI is InChI=1S/C27H24N4O4S/c1-35-23-14-16-24(17-15-23)36(33,34)31(20-21-9-3-2-4-10-21)26-13-6-5-12-25(26)27(32)30-29-19-22-11-7-8-18-28-22/h2-19H,20H2,1H3,(H,30,32)/b29-19-. The number of aromatic nitrogens is 1. The minimum Gasteiger partial charge on any atom is -0.497 e. The lowest BCUT2D eigenvalue weighted by atomic mass is 10.1. The van der Waals surface area contributed by atoms with Gasteiger partial charge in [-0.3, -0.25) is 14.1 Å². The number of nitrogens with zero attached hydrogens (tertiary/aromatic N) is 3. The molecule has 182 valence electrons. The van der Waals surface area contributed by atoms with Gasteiger partial charge >= 0.3 is 0 Å². The predicted octanol–water partition coefficient (Wildman–Crippen LogP) is 4.25. The van der Waals surface area contributed by atoms with Gasteiger partial charge in [0.15, 0.2) is 0 Å². The lowest BCUT2D eigenvalue weighted by Gasteiger charge is -2.26. The number of benzene rings is 3. The van der Waals surface area contributed by atoms with Crippen LogP contribution in [0.5, 0.6) is 5.75 Å². The molecular formula is C27H24N4O4S. The lowest BCUT2D eigenvalue weighted by molar-refractivity contribution is 0.0955. The van der Waals surface area contributed by atoms with Gasteiger partial charge in [0.2, 0.25) is 0 Å². The number of sulfonamides is 1. The molecule has 3 aromatic carbocycles. The van der Waals surface area contributed by atoms with Gasteiger partial charge in [0.1, 0.15) is 5.75 Å². The molecule has 0 fully saturated rings. The van der Waals surface area contributed by atoms with Crippen molar-refractivity contribution in [3.8, 4) is 5.75 Å². The van der Waals surface area contributed by atoms with Crippen LogP contribution in [0.2, 0.25) is 0 Å². The quantitative estimate of drug-likeness (QED) is 0.274. The predicted molar refractivity (Wildman–Crippen MR) is 139 cm³/mol. The van der Waals surface area contributed by atoms with E-state index >= 15 is 0 Å². The van der Waals surface area contributed by atoms with Gasteiger partial charge in [0.05, 0.1) is 41.7 Å². The molecule has 0 atom stereocenters. The number of hydrogen-bond acceptors (Lipinski definition) is 6. The van der Waals surface area contributed by atoms with E-state index in [4.69, 9.17) is 4.74 Å². The van der Waals surface area contributed by atoms with Crippen molar-refractivity contribution in [3.63, 3.8) is 0 Å². The molecule has 9 heteroatoms. The first-order valence-corrected chi connectivity index (χ1v) is 12.5. The molecule has 4 rings (SSSR count). The van der Waals surface area contributed by atoms with E-state index in [2.05, 4.69) is 15.5 Å². The van der Waals surface area contributed by atoms with Crippen molar-refractivity contribution in [2.75, 3.05) is 11.4 Å². The van der Waals surface area contributed by atoms with Crippen LogP contribution in [0.25, 0.3) is 0 Å². The Morgan fingerprint density at radius 2 is 1.64 bits per heavy atom. The molecule has 0 aliphatic heterocycles. The topological polar surface area (TPSA) is 101 Å². The highest BCUT2D eigenvalue weighted by Crippen LogP contribution is 2.30. The first-order chi connectivity index (χ1) is 17.5. The molecule has 1 heterocycles. The average molecular weight is 501 g/mol. The Balaban J connectivity index is 1.71. The van der Waals surface area contributed by atoms with Crippen LogP contribution in [-0.2, 0) is 16.6 Å². The van der Waals surface area contributed by atoms with Crippen LogP contribution in [0, 0.1) is 0 Å². The van der Waals surface area contributed by atoms with Crippen LogP contribution < -0.4 is 14.5 Å². The summed E-state index contributed by atoms with van der Waals surface area (Å²) in [4.78, 5) is 17.3. The third-order valence-electron chi connectivity index (χ3n) is 5.28. The van der Waals surface area contributed by atoms with Crippen molar-refractivity contribution in [2.24, 2.45) is 5.10 Å². The van der Waals surface area contributed by atoms with Crippen LogP contribution in [0.3, 0.4) is 0 Å². The minimum atomic E-state index is -4.05. The molecule has 0 saturated heterocycles. The summed E-state index contributed by atoms with van der Waals surface area (Å²) in [5.41, 5.74) is 4.18. The highest BCUT2D eigenvalue weighted by molar-refractivity contribution is 7.92. The number of anilines is 1. The zero-order chi connectivity index (χ0) is 25.4. The smallest absolute Gasteiger partial charge is 0.273 e. The van der Waals surface area contributed by atoms with Crippen LogP contribution >= 0.6 is 0 Å². The molecule has 1 N–H and O–H groups in total. The number of rotatable bonds is 9. The number of carbonyl (C=O) groups is 1. The van der Waals surface area contributed by atoms with Gasteiger partial charge in [-0.25, -0.2) is 13.8 Å². The number of methoxy groups -OCH3 is 1. The Kier molecular flexibility index (Phi) is 7.72. The number of hydrogen-bond donors (Lipinski definition) is 1. The molecule has 0 bridgehead atoms. The van der Waals surface area contributed by atoms with Gasteiger partial charge in [-0.15, -0.1) is 0 Å². The Labute approximate surface area is 209 Å². The molecule has 8 nitrogen and oxygen atoms in total. The summed E-state index contributed by atoms with van der Waals surface area (Å²) < 4.78 is 34.0. The maximum atomic E-state index is 13.8. The van der Waals surface area contributed by atoms with E-state index in [1.165, 1.54) is 29.8 Å². The van der Waals surface area contributed by atoms with Crippen molar-refractivity contribution in [2.45, 2.75) is 11.4 Å². The fourth-order valence-electron chi connectivity index (χ4n) is 3.48. The number of pyridine rings is 1. The number of carbonyl (C=O) groups excluding carboxylic acids is 1. The van der Waals surface area contributed by atoms with Crippen molar-refractivity contribution < 1.29 is 17.9 Å². The third kappa shape index (κ3) is 5.76. The normalized spacial score (nSPS) is 11.2. The molecule has 1 amide bonds. The summed E-state index contributed by atoms with van der Waals surface area (Å²) in [6.45, 7) is 0.0245. The second-order valence-electron chi connectivity index (χ2n) is 7.64. The van der Waals surface area contributed by atoms with Crippen LogP contribution in [0.4, 0.5) is 5.69 Å². The van der Waals surface area contributed by atoms with Gasteiger partial charge in [0, 0.05) is 6.20 Å². The molecule has 4 aromatic rings. The summed E-state index contributed by atoms with van der Waals surface area (Å²) >= 11 is 0. The van der Waals surface area contributed by atoms with Crippen LogP contribution in [0.15, 0.2) is 113 Å². The maximum Gasteiger partial charge on any atom is 0.273 e. The van der Waals surface area contributed by atoms with Crippen molar-refractivity contribution in [1.29, 1.82) is 0 Å². The number of nitrogens with one attached hydrogen (secondary N) is 1. The Hall–Kier alpha value is -4.50. The number of hydrazone groups is 1. The first-order valence-electron chi connectivity index (χ1n) is 11.0. The molecular weight excluding hydrogens is 476 g/mol. The molecule has 0 saturated carbocycles. The largest absolute Gasteiger partial charge is 0.497 e. The van der Waals surface area contributed by atoms with E-state index in [1.54, 1.807) is 60.8 Å². The molecule has 36 heavy (non-hydrogen) atoms. The van der Waals surface area contributed by atoms with E-state index in [1.807, 2.05) is 30.3 Å². The summed E-state index contributed by atoms with van der Waals surface area (Å²) in [6.07, 6.45) is 3.03. The molecule has 0 aliphatic carbocycles. The van der Waals surface area contributed by atoms with Crippen LogP contribution in [0.1, 0.15) is 21.6 Å². The van der Waals surface area contributed by atoms with Crippen LogP contribution in [-0.4, -0.2) is 32.6 Å². The van der Waals surface area contributed by atoms with E-state index in [0.29, 0.717) is 11.4 Å². The third-order valence-corrected chi connectivity index (χ3v) is 7.06. The highest BCUT2D eigenvalue weighted by Gasteiger charge is 2.28. The molecule has 0 unspecified atom stereocenters. The van der Waals surface area contributed by atoms with Gasteiger partial charge in [-0.2, -0.15) is 5.10 Å². The number of para-hydroxylation sites is 1. The monoisotopic (exact) mass is 500 g/mol. The van der Waals surface area contributed by atoms with Crippen molar-refractivity contribution in [3.05, 3.63) is 120 Å². The van der Waals surface area contributed by atoms with E-state index in [-0.39, 0.29) is 22.7 Å². The summed E-state index contributed by atoms with van der Waals surface area (Å²) in [6, 6.07) is 27.1. The lowest BCUT2D eigenvalue weighted by Crippen LogP contribution is -2.33.